The predicted molar refractivity (Wildman–Crippen MR) is 81.4 cm³/mol. The van der Waals surface area contributed by atoms with Gasteiger partial charge in [-0.15, -0.1) is 0 Å². The normalized spacial score (nSPS) is 10.5. The van der Waals surface area contributed by atoms with Crippen LogP contribution in [0.5, 0.6) is 11.6 Å². The Morgan fingerprint density at radius 2 is 2.10 bits per heavy atom. The van der Waals surface area contributed by atoms with Gasteiger partial charge in [-0.25, -0.2) is 10.8 Å². The Morgan fingerprint density at radius 1 is 1.29 bits per heavy atom. The first-order valence-corrected chi connectivity index (χ1v) is 6.86. The molecule has 2 aromatic rings. The monoisotopic (exact) mass is 308 g/mol. The molecule has 6 nitrogen and oxygen atoms in total. The van der Waals surface area contributed by atoms with Crippen LogP contribution in [0.25, 0.3) is 0 Å². The number of hydrogen-bond donors (Lipinski definition) is 2. The molecule has 2 rings (SSSR count). The SMILES string of the molecule is CCOCc1nc(NN)cc(Oc2cc(C)ccc2Cl)n1. The minimum Gasteiger partial charge on any atom is -0.437 e. The molecule has 1 aromatic heterocycles. The van der Waals surface area contributed by atoms with Gasteiger partial charge in [0.05, 0.1) is 5.02 Å². The van der Waals surface area contributed by atoms with Crippen LogP contribution in [0.3, 0.4) is 0 Å². The van der Waals surface area contributed by atoms with Crippen molar-refractivity contribution >= 4 is 17.4 Å². The second-order valence-corrected chi connectivity index (χ2v) is 4.73. The Hall–Kier alpha value is -1.89. The van der Waals surface area contributed by atoms with Gasteiger partial charge in [-0.1, -0.05) is 17.7 Å². The van der Waals surface area contributed by atoms with Gasteiger partial charge in [0.25, 0.3) is 0 Å². The van der Waals surface area contributed by atoms with Crippen LogP contribution in [0.1, 0.15) is 18.3 Å². The number of ether oxygens (including phenoxy) is 2. The van der Waals surface area contributed by atoms with Gasteiger partial charge in [-0.3, -0.25) is 0 Å². The molecule has 1 heterocycles. The van der Waals surface area contributed by atoms with Crippen molar-refractivity contribution in [2.45, 2.75) is 20.5 Å². The smallest absolute Gasteiger partial charge is 0.224 e. The van der Waals surface area contributed by atoms with Crippen LogP contribution in [0.2, 0.25) is 5.02 Å². The first-order valence-electron chi connectivity index (χ1n) is 6.48. The maximum atomic E-state index is 6.11. The van der Waals surface area contributed by atoms with Crippen molar-refractivity contribution < 1.29 is 9.47 Å². The lowest BCUT2D eigenvalue weighted by atomic mass is 10.2. The number of benzene rings is 1. The molecule has 0 aliphatic rings. The fourth-order valence-corrected chi connectivity index (χ4v) is 1.81. The van der Waals surface area contributed by atoms with Crippen molar-refractivity contribution in [3.05, 3.63) is 40.7 Å². The molecular weight excluding hydrogens is 292 g/mol. The van der Waals surface area contributed by atoms with Crippen molar-refractivity contribution in [1.29, 1.82) is 0 Å². The molecular formula is C14H17ClN4O2. The van der Waals surface area contributed by atoms with Crippen molar-refractivity contribution in [2.75, 3.05) is 12.0 Å². The van der Waals surface area contributed by atoms with E-state index < -0.39 is 0 Å². The molecule has 0 atom stereocenters. The highest BCUT2D eigenvalue weighted by atomic mass is 35.5. The molecule has 112 valence electrons. The van der Waals surface area contributed by atoms with Crippen LogP contribution < -0.4 is 16.0 Å². The molecule has 0 unspecified atom stereocenters. The van der Waals surface area contributed by atoms with Gasteiger partial charge in [0, 0.05) is 12.7 Å². The van der Waals surface area contributed by atoms with Gasteiger partial charge in [-0.2, -0.15) is 4.98 Å². The zero-order valence-corrected chi connectivity index (χ0v) is 12.6. The number of hydrogen-bond acceptors (Lipinski definition) is 6. The number of hydrazine groups is 1. The Balaban J connectivity index is 2.27. The van der Waals surface area contributed by atoms with Gasteiger partial charge in [0.2, 0.25) is 5.88 Å². The fourth-order valence-electron chi connectivity index (χ4n) is 1.66. The van der Waals surface area contributed by atoms with Crippen LogP contribution in [-0.2, 0) is 11.3 Å². The first-order chi connectivity index (χ1) is 10.1. The number of aromatic nitrogens is 2. The molecule has 1 aromatic carbocycles. The molecule has 0 fully saturated rings. The van der Waals surface area contributed by atoms with Crippen molar-refractivity contribution in [3.63, 3.8) is 0 Å². The summed E-state index contributed by atoms with van der Waals surface area (Å²) >= 11 is 6.11. The summed E-state index contributed by atoms with van der Waals surface area (Å²) < 4.78 is 11.0. The van der Waals surface area contributed by atoms with Gasteiger partial charge in [0.1, 0.15) is 18.2 Å². The third-order valence-electron chi connectivity index (χ3n) is 2.63. The Bertz CT molecular complexity index is 622. The standard InChI is InChI=1S/C14H17ClN4O2/c1-3-20-8-13-17-12(19-16)7-14(18-13)21-11-6-9(2)4-5-10(11)15/h4-7H,3,8,16H2,1-2H3,(H,17,18,19). The maximum Gasteiger partial charge on any atom is 0.224 e. The van der Waals surface area contributed by atoms with Crippen molar-refractivity contribution in [1.82, 2.24) is 9.97 Å². The second-order valence-electron chi connectivity index (χ2n) is 4.33. The Kier molecular flexibility index (Phi) is 5.32. The molecule has 3 N–H and O–H groups in total. The number of nitrogen functional groups attached to an aromatic ring is 1. The molecule has 7 heteroatoms. The van der Waals surface area contributed by atoms with Crippen molar-refractivity contribution in [2.24, 2.45) is 5.84 Å². The number of anilines is 1. The van der Waals surface area contributed by atoms with E-state index in [9.17, 15) is 0 Å². The molecule has 0 radical (unpaired) electrons. The van der Waals surface area contributed by atoms with E-state index in [1.54, 1.807) is 12.1 Å². The lowest BCUT2D eigenvalue weighted by molar-refractivity contribution is 0.128. The summed E-state index contributed by atoms with van der Waals surface area (Å²) in [6, 6.07) is 7.11. The molecule has 0 saturated heterocycles. The molecule has 21 heavy (non-hydrogen) atoms. The van der Waals surface area contributed by atoms with E-state index in [0.717, 1.165) is 5.56 Å². The molecule has 0 spiro atoms. The van der Waals surface area contributed by atoms with E-state index in [0.29, 0.717) is 34.9 Å². The van der Waals surface area contributed by atoms with Crippen LogP contribution in [0.15, 0.2) is 24.3 Å². The third kappa shape index (κ3) is 4.29. The zero-order chi connectivity index (χ0) is 15.2. The summed E-state index contributed by atoms with van der Waals surface area (Å²) in [6.45, 7) is 4.71. The molecule has 0 bridgehead atoms. The largest absolute Gasteiger partial charge is 0.437 e. The highest BCUT2D eigenvalue weighted by Gasteiger charge is 2.09. The number of nitrogens with one attached hydrogen (secondary N) is 1. The van der Waals surface area contributed by atoms with E-state index in [1.165, 1.54) is 0 Å². The van der Waals surface area contributed by atoms with E-state index >= 15 is 0 Å². The number of nitrogens with zero attached hydrogens (tertiary/aromatic N) is 2. The maximum absolute atomic E-state index is 6.11. The lowest BCUT2D eigenvalue weighted by Gasteiger charge is -2.10. The van der Waals surface area contributed by atoms with Gasteiger partial charge in [-0.05, 0) is 31.5 Å². The summed E-state index contributed by atoms with van der Waals surface area (Å²) in [4.78, 5) is 8.46. The highest BCUT2D eigenvalue weighted by Crippen LogP contribution is 2.30. The number of rotatable bonds is 6. The van der Waals surface area contributed by atoms with E-state index in [4.69, 9.17) is 26.9 Å². The van der Waals surface area contributed by atoms with Crippen LogP contribution in [0.4, 0.5) is 5.82 Å². The average Bonchev–Trinajstić information content (AvgIpc) is 2.48. The van der Waals surface area contributed by atoms with E-state index in [-0.39, 0.29) is 6.61 Å². The summed E-state index contributed by atoms with van der Waals surface area (Å²) in [5, 5.41) is 0.507. The number of aryl methyl sites for hydroxylation is 1. The van der Waals surface area contributed by atoms with Gasteiger partial charge in [0.15, 0.2) is 5.82 Å². The quantitative estimate of drug-likeness (QED) is 0.630. The second kappa shape index (κ2) is 7.21. The fraction of sp³-hybridized carbons (Fsp3) is 0.286. The first kappa shape index (κ1) is 15.5. The highest BCUT2D eigenvalue weighted by molar-refractivity contribution is 6.32. The van der Waals surface area contributed by atoms with Crippen LogP contribution in [-0.4, -0.2) is 16.6 Å². The van der Waals surface area contributed by atoms with Crippen LogP contribution >= 0.6 is 11.6 Å². The topological polar surface area (TPSA) is 82.3 Å². The van der Waals surface area contributed by atoms with Crippen molar-refractivity contribution in [3.8, 4) is 11.6 Å². The summed E-state index contributed by atoms with van der Waals surface area (Å²) in [6.07, 6.45) is 0. The average molecular weight is 309 g/mol. The minimum absolute atomic E-state index is 0.282. The summed E-state index contributed by atoms with van der Waals surface area (Å²) in [5.41, 5.74) is 3.51. The summed E-state index contributed by atoms with van der Waals surface area (Å²) in [7, 11) is 0. The van der Waals surface area contributed by atoms with Gasteiger partial charge >= 0.3 is 0 Å². The third-order valence-corrected chi connectivity index (χ3v) is 2.95. The molecule has 0 saturated carbocycles. The Morgan fingerprint density at radius 3 is 2.81 bits per heavy atom. The predicted octanol–water partition coefficient (Wildman–Crippen LogP) is 3.05. The molecule has 0 amide bonds. The molecule has 0 aliphatic carbocycles. The van der Waals surface area contributed by atoms with Gasteiger partial charge < -0.3 is 14.9 Å². The molecule has 0 aliphatic heterocycles. The summed E-state index contributed by atoms with van der Waals surface area (Å²) in [5.74, 6) is 7.20. The minimum atomic E-state index is 0.282. The zero-order valence-electron chi connectivity index (χ0n) is 11.9. The number of halogens is 1. The number of nitrogens with two attached hydrogens (primary N) is 1. The van der Waals surface area contributed by atoms with Crippen LogP contribution in [0, 0.1) is 6.92 Å². The van der Waals surface area contributed by atoms with E-state index in [1.807, 2.05) is 26.0 Å². The lowest BCUT2D eigenvalue weighted by Crippen LogP contribution is -2.11. The van der Waals surface area contributed by atoms with E-state index in [2.05, 4.69) is 15.4 Å². The Labute approximate surface area is 128 Å².